The highest BCUT2D eigenvalue weighted by Gasteiger charge is 2.36. The molecule has 9 aromatic rings. The van der Waals surface area contributed by atoms with Gasteiger partial charge >= 0.3 is 0 Å². The minimum atomic E-state index is -0.116. The Balaban J connectivity index is 1.14. The molecule has 1 aliphatic carbocycles. The highest BCUT2D eigenvalue weighted by Crippen LogP contribution is 2.51. The molecule has 0 aliphatic heterocycles. The Hall–Kier alpha value is -6.71. The molecule has 250 valence electrons. The molecule has 0 fully saturated rings. The molecular formula is C50H35N3. The normalized spacial score (nSPS) is 12.9. The maximum absolute atomic E-state index is 5.36. The molecule has 7 aromatic carbocycles. The number of para-hydroxylation sites is 1. The van der Waals surface area contributed by atoms with Crippen molar-refractivity contribution in [2.45, 2.75) is 19.3 Å². The van der Waals surface area contributed by atoms with E-state index in [-0.39, 0.29) is 5.41 Å². The Morgan fingerprint density at radius 3 is 1.75 bits per heavy atom. The smallest absolute Gasteiger partial charge is 0.160 e. The Morgan fingerprint density at radius 1 is 0.358 bits per heavy atom. The Bertz CT molecular complexity index is 2840. The lowest BCUT2D eigenvalue weighted by Crippen LogP contribution is -2.14. The number of benzene rings is 7. The number of aromatic nitrogens is 3. The number of pyridine rings is 1. The summed E-state index contributed by atoms with van der Waals surface area (Å²) in [7, 11) is 0. The lowest BCUT2D eigenvalue weighted by molar-refractivity contribution is 0.661. The highest BCUT2D eigenvalue weighted by molar-refractivity contribution is 6.13. The van der Waals surface area contributed by atoms with E-state index >= 15 is 0 Å². The van der Waals surface area contributed by atoms with E-state index in [9.17, 15) is 0 Å². The summed E-state index contributed by atoms with van der Waals surface area (Å²) >= 11 is 0. The van der Waals surface area contributed by atoms with Crippen molar-refractivity contribution in [1.82, 2.24) is 15.0 Å². The van der Waals surface area contributed by atoms with Crippen LogP contribution >= 0.6 is 0 Å². The third-order valence-electron chi connectivity index (χ3n) is 10.9. The van der Waals surface area contributed by atoms with Crippen LogP contribution in [0.1, 0.15) is 25.0 Å². The van der Waals surface area contributed by atoms with E-state index in [1.807, 2.05) is 24.3 Å². The lowest BCUT2D eigenvalue weighted by Gasteiger charge is -2.22. The van der Waals surface area contributed by atoms with Crippen LogP contribution in [0.15, 0.2) is 176 Å². The van der Waals surface area contributed by atoms with Gasteiger partial charge in [-0.15, -0.1) is 0 Å². The fourth-order valence-electron chi connectivity index (χ4n) is 8.12. The van der Waals surface area contributed by atoms with Gasteiger partial charge in [0.15, 0.2) is 5.82 Å². The molecule has 0 saturated heterocycles. The van der Waals surface area contributed by atoms with E-state index in [1.54, 1.807) is 0 Å². The molecule has 3 heteroatoms. The van der Waals surface area contributed by atoms with Crippen LogP contribution in [0.3, 0.4) is 0 Å². The molecule has 10 rings (SSSR count). The number of hydrogen-bond donors (Lipinski definition) is 0. The van der Waals surface area contributed by atoms with Gasteiger partial charge in [0.1, 0.15) is 0 Å². The van der Waals surface area contributed by atoms with Crippen LogP contribution in [0.2, 0.25) is 0 Å². The first kappa shape index (κ1) is 31.1. The first-order valence-corrected chi connectivity index (χ1v) is 18.2. The summed E-state index contributed by atoms with van der Waals surface area (Å²) in [4.78, 5) is 15.6. The molecular weight excluding hydrogens is 643 g/mol. The van der Waals surface area contributed by atoms with Crippen molar-refractivity contribution < 1.29 is 0 Å². The fraction of sp³-hybridized carbons (Fsp3) is 0.0600. The van der Waals surface area contributed by atoms with E-state index in [4.69, 9.17) is 15.0 Å². The Morgan fingerprint density at radius 2 is 0.962 bits per heavy atom. The SMILES string of the molecule is CC1(C)c2ccccc2-c2cc3c(cc21)c(-c1cccc(-c2cc(-c4ccc(-c5ccccc5)cc4)nc(-c4ccccc4)n2)c1)nc1ccccc13. The van der Waals surface area contributed by atoms with Gasteiger partial charge in [0.25, 0.3) is 0 Å². The van der Waals surface area contributed by atoms with E-state index < -0.39 is 0 Å². The first-order valence-electron chi connectivity index (χ1n) is 18.2. The molecule has 0 N–H and O–H groups in total. The zero-order valence-electron chi connectivity index (χ0n) is 29.6. The monoisotopic (exact) mass is 677 g/mol. The molecule has 0 unspecified atom stereocenters. The van der Waals surface area contributed by atoms with Crippen LogP contribution < -0.4 is 0 Å². The number of nitrogens with zero attached hydrogens (tertiary/aromatic N) is 3. The van der Waals surface area contributed by atoms with Crippen LogP contribution in [-0.2, 0) is 5.41 Å². The lowest BCUT2D eigenvalue weighted by atomic mass is 9.81. The van der Waals surface area contributed by atoms with Crippen LogP contribution in [0.5, 0.6) is 0 Å². The Kier molecular flexibility index (Phi) is 7.16. The van der Waals surface area contributed by atoms with Crippen molar-refractivity contribution in [1.29, 1.82) is 0 Å². The predicted molar refractivity (Wildman–Crippen MR) is 220 cm³/mol. The summed E-state index contributed by atoms with van der Waals surface area (Å²) in [6, 6.07) is 62.3. The molecule has 0 amide bonds. The largest absolute Gasteiger partial charge is 0.247 e. The van der Waals surface area contributed by atoms with Crippen molar-refractivity contribution in [3.63, 3.8) is 0 Å². The molecule has 0 atom stereocenters. The van der Waals surface area contributed by atoms with Crippen molar-refractivity contribution in [2.24, 2.45) is 0 Å². The quantitative estimate of drug-likeness (QED) is 0.170. The molecule has 53 heavy (non-hydrogen) atoms. The maximum atomic E-state index is 5.36. The molecule has 1 aliphatic rings. The molecule has 0 bridgehead atoms. The van der Waals surface area contributed by atoms with Crippen molar-refractivity contribution in [2.75, 3.05) is 0 Å². The summed E-state index contributed by atoms with van der Waals surface area (Å²) in [6.45, 7) is 4.68. The standard InChI is InChI=1S/C50H35N3/c1-50(2)43-22-11-9-20-38(43)41-29-40-39-21-10-12-23-45(39)51-48(42(40)30-44(41)50)37-19-13-18-36(28-37)47-31-46(52-49(53-47)35-16-7-4-8-17-35)34-26-24-33(25-27-34)32-14-5-3-6-15-32/h3-31H,1-2H3. The molecule has 0 radical (unpaired) electrons. The molecule has 2 aromatic heterocycles. The average molecular weight is 678 g/mol. The second-order valence-electron chi connectivity index (χ2n) is 14.4. The number of rotatable bonds is 5. The molecule has 0 spiro atoms. The van der Waals surface area contributed by atoms with Crippen molar-refractivity contribution >= 4 is 21.7 Å². The van der Waals surface area contributed by atoms with Crippen LogP contribution in [-0.4, -0.2) is 15.0 Å². The summed E-state index contributed by atoms with van der Waals surface area (Å²) in [5.41, 5.74) is 15.4. The van der Waals surface area contributed by atoms with E-state index in [2.05, 4.69) is 166 Å². The number of fused-ring (bicyclic) bond motifs is 6. The molecule has 2 heterocycles. The van der Waals surface area contributed by atoms with E-state index in [1.165, 1.54) is 44.2 Å². The average Bonchev–Trinajstić information content (AvgIpc) is 3.45. The summed E-state index contributed by atoms with van der Waals surface area (Å²) in [5.74, 6) is 0.697. The van der Waals surface area contributed by atoms with Gasteiger partial charge in [-0.2, -0.15) is 0 Å². The molecule has 0 saturated carbocycles. The predicted octanol–water partition coefficient (Wildman–Crippen LogP) is 12.8. The van der Waals surface area contributed by atoms with Crippen LogP contribution in [0.25, 0.3) is 89.1 Å². The summed E-state index contributed by atoms with van der Waals surface area (Å²) < 4.78 is 0. The zero-order valence-corrected chi connectivity index (χ0v) is 29.6. The van der Waals surface area contributed by atoms with Crippen LogP contribution in [0.4, 0.5) is 0 Å². The summed E-state index contributed by atoms with van der Waals surface area (Å²) in [5, 5.41) is 3.54. The topological polar surface area (TPSA) is 38.7 Å². The first-order chi connectivity index (χ1) is 26.0. The Labute approximate surface area is 309 Å². The minimum Gasteiger partial charge on any atom is -0.247 e. The highest BCUT2D eigenvalue weighted by atomic mass is 14.9. The van der Waals surface area contributed by atoms with Gasteiger partial charge in [-0.05, 0) is 69.1 Å². The van der Waals surface area contributed by atoms with Gasteiger partial charge in [-0.25, -0.2) is 15.0 Å². The molecule has 3 nitrogen and oxygen atoms in total. The third kappa shape index (κ3) is 5.24. The summed E-state index contributed by atoms with van der Waals surface area (Å²) in [6.07, 6.45) is 0. The maximum Gasteiger partial charge on any atom is 0.160 e. The van der Waals surface area contributed by atoms with Crippen LogP contribution in [0, 0.1) is 0 Å². The van der Waals surface area contributed by atoms with Crippen molar-refractivity contribution in [3.05, 3.63) is 187 Å². The van der Waals surface area contributed by atoms with Gasteiger partial charge in [0.2, 0.25) is 0 Å². The van der Waals surface area contributed by atoms with Gasteiger partial charge in [0, 0.05) is 38.4 Å². The van der Waals surface area contributed by atoms with Gasteiger partial charge in [-0.1, -0.05) is 159 Å². The van der Waals surface area contributed by atoms with E-state index in [0.717, 1.165) is 50.2 Å². The second kappa shape index (κ2) is 12.2. The minimum absolute atomic E-state index is 0.116. The number of hydrogen-bond acceptors (Lipinski definition) is 3. The third-order valence-corrected chi connectivity index (χ3v) is 10.9. The van der Waals surface area contributed by atoms with E-state index in [0.29, 0.717) is 5.82 Å². The van der Waals surface area contributed by atoms with Crippen molar-refractivity contribution in [3.8, 4) is 67.4 Å². The second-order valence-corrected chi connectivity index (χ2v) is 14.4. The zero-order chi connectivity index (χ0) is 35.5. The van der Waals surface area contributed by atoms with Gasteiger partial charge in [-0.3, -0.25) is 0 Å². The van der Waals surface area contributed by atoms with Gasteiger partial charge in [0.05, 0.1) is 22.6 Å². The fourth-order valence-corrected chi connectivity index (χ4v) is 8.12. The van der Waals surface area contributed by atoms with Gasteiger partial charge < -0.3 is 0 Å².